The number of rotatable bonds is 6. The molecule has 4 heteroatoms. The van der Waals surface area contributed by atoms with Crippen LogP contribution in [-0.4, -0.2) is 48.2 Å². The van der Waals surface area contributed by atoms with E-state index in [0.717, 1.165) is 31.6 Å². The van der Waals surface area contributed by atoms with Gasteiger partial charge in [-0.05, 0) is 37.8 Å². The van der Waals surface area contributed by atoms with Gasteiger partial charge in [-0.2, -0.15) is 0 Å². The molecule has 1 amide bonds. The average Bonchev–Trinajstić information content (AvgIpc) is 2.55. The Hall–Kier alpha value is -1.55. The monoisotopic (exact) mass is 290 g/mol. The number of hydrogen-bond donors (Lipinski definition) is 1. The summed E-state index contributed by atoms with van der Waals surface area (Å²) in [7, 11) is 0. The molecule has 0 saturated carbocycles. The van der Waals surface area contributed by atoms with Crippen molar-refractivity contribution in [1.82, 2.24) is 4.90 Å². The van der Waals surface area contributed by atoms with Crippen LogP contribution in [0.1, 0.15) is 32.6 Å². The first-order valence-corrected chi connectivity index (χ1v) is 7.96. The largest absolute Gasteiger partial charge is 0.391 e. The summed E-state index contributed by atoms with van der Waals surface area (Å²) in [6, 6.07) is 9.88. The second-order valence-corrected chi connectivity index (χ2v) is 5.72. The second-order valence-electron chi connectivity index (χ2n) is 5.72. The molecule has 21 heavy (non-hydrogen) atoms. The highest BCUT2D eigenvalue weighted by Gasteiger charge is 2.20. The van der Waals surface area contributed by atoms with Crippen LogP contribution in [-0.2, 0) is 4.79 Å². The highest BCUT2D eigenvalue weighted by molar-refractivity contribution is 5.81. The molecule has 0 spiro atoms. The molecule has 0 bridgehead atoms. The third-order valence-electron chi connectivity index (χ3n) is 4.06. The Kier molecular flexibility index (Phi) is 6.05. The summed E-state index contributed by atoms with van der Waals surface area (Å²) in [5.41, 5.74) is 0.996. The van der Waals surface area contributed by atoms with Crippen molar-refractivity contribution < 1.29 is 9.90 Å². The summed E-state index contributed by atoms with van der Waals surface area (Å²) in [6.07, 6.45) is 3.73. The van der Waals surface area contributed by atoms with Crippen LogP contribution in [0.5, 0.6) is 0 Å². The first-order valence-electron chi connectivity index (χ1n) is 7.96. The summed E-state index contributed by atoms with van der Waals surface area (Å²) in [5.74, 6) is 0.168. The van der Waals surface area contributed by atoms with Gasteiger partial charge in [0.05, 0.1) is 12.6 Å². The Morgan fingerprint density at radius 1 is 1.24 bits per heavy atom. The van der Waals surface area contributed by atoms with Crippen molar-refractivity contribution in [3.05, 3.63) is 30.3 Å². The van der Waals surface area contributed by atoms with Gasteiger partial charge in [0.15, 0.2) is 0 Å². The topological polar surface area (TPSA) is 43.8 Å². The lowest BCUT2D eigenvalue weighted by Crippen LogP contribution is -2.44. The number of carbonyl (C=O) groups is 1. The lowest BCUT2D eigenvalue weighted by molar-refractivity contribution is -0.130. The van der Waals surface area contributed by atoms with E-state index in [-0.39, 0.29) is 5.91 Å². The Balaban J connectivity index is 2.02. The van der Waals surface area contributed by atoms with E-state index in [0.29, 0.717) is 19.5 Å². The zero-order chi connectivity index (χ0) is 15.1. The van der Waals surface area contributed by atoms with Crippen LogP contribution in [0.4, 0.5) is 5.69 Å². The second kappa shape index (κ2) is 8.03. The Bertz CT molecular complexity index is 430. The van der Waals surface area contributed by atoms with Crippen molar-refractivity contribution in [2.24, 2.45) is 0 Å². The molecular weight excluding hydrogens is 264 g/mol. The molecule has 0 aromatic heterocycles. The number of hydrogen-bond acceptors (Lipinski definition) is 3. The minimum atomic E-state index is -0.403. The SMILES string of the molecule is CCC(O)CN(CC(=O)N1CCCCC1)c1ccccc1. The molecular formula is C17H26N2O2. The molecule has 1 unspecified atom stereocenters. The number of aliphatic hydroxyl groups excluding tert-OH is 1. The number of benzene rings is 1. The van der Waals surface area contributed by atoms with Crippen LogP contribution in [0.15, 0.2) is 30.3 Å². The summed E-state index contributed by atoms with van der Waals surface area (Å²) < 4.78 is 0. The molecule has 1 aliphatic heterocycles. The van der Waals surface area contributed by atoms with E-state index in [9.17, 15) is 9.90 Å². The number of para-hydroxylation sites is 1. The molecule has 116 valence electrons. The van der Waals surface area contributed by atoms with Gasteiger partial charge in [-0.3, -0.25) is 4.79 Å². The van der Waals surface area contributed by atoms with Crippen LogP contribution < -0.4 is 4.90 Å². The van der Waals surface area contributed by atoms with Gasteiger partial charge in [-0.15, -0.1) is 0 Å². The predicted octanol–water partition coefficient (Wildman–Crippen LogP) is 2.28. The maximum atomic E-state index is 12.5. The quantitative estimate of drug-likeness (QED) is 0.874. The first-order chi connectivity index (χ1) is 10.2. The minimum Gasteiger partial charge on any atom is -0.391 e. The maximum absolute atomic E-state index is 12.5. The maximum Gasteiger partial charge on any atom is 0.242 e. The number of anilines is 1. The van der Waals surface area contributed by atoms with Crippen molar-refractivity contribution in [3.63, 3.8) is 0 Å². The highest BCUT2D eigenvalue weighted by atomic mass is 16.3. The van der Waals surface area contributed by atoms with Crippen molar-refractivity contribution >= 4 is 11.6 Å². The Morgan fingerprint density at radius 3 is 2.52 bits per heavy atom. The molecule has 1 atom stereocenters. The van der Waals surface area contributed by atoms with Crippen LogP contribution in [0.25, 0.3) is 0 Å². The molecule has 1 fully saturated rings. The molecule has 1 aromatic carbocycles. The number of amides is 1. The molecule has 1 aromatic rings. The smallest absolute Gasteiger partial charge is 0.242 e. The van der Waals surface area contributed by atoms with Gasteiger partial charge in [0.1, 0.15) is 0 Å². The molecule has 0 radical (unpaired) electrons. The Morgan fingerprint density at radius 2 is 1.90 bits per heavy atom. The van der Waals surface area contributed by atoms with Crippen molar-refractivity contribution in [2.75, 3.05) is 31.1 Å². The fourth-order valence-corrected chi connectivity index (χ4v) is 2.69. The zero-order valence-corrected chi connectivity index (χ0v) is 12.9. The summed E-state index contributed by atoms with van der Waals surface area (Å²) in [6.45, 7) is 4.55. The fraction of sp³-hybridized carbons (Fsp3) is 0.588. The van der Waals surface area contributed by atoms with Crippen LogP contribution >= 0.6 is 0 Å². The third kappa shape index (κ3) is 4.74. The van der Waals surface area contributed by atoms with Crippen molar-refractivity contribution in [3.8, 4) is 0 Å². The van der Waals surface area contributed by atoms with Gasteiger partial charge in [0.25, 0.3) is 0 Å². The van der Waals surface area contributed by atoms with E-state index in [1.807, 2.05) is 47.1 Å². The number of carbonyl (C=O) groups excluding carboxylic acids is 1. The third-order valence-corrected chi connectivity index (χ3v) is 4.06. The van der Waals surface area contributed by atoms with Gasteiger partial charge in [0, 0.05) is 25.3 Å². The Labute approximate surface area is 127 Å². The average molecular weight is 290 g/mol. The molecule has 1 saturated heterocycles. The van der Waals surface area contributed by atoms with E-state index in [2.05, 4.69) is 0 Å². The summed E-state index contributed by atoms with van der Waals surface area (Å²) in [5, 5.41) is 9.95. The summed E-state index contributed by atoms with van der Waals surface area (Å²) >= 11 is 0. The van der Waals surface area contributed by atoms with Gasteiger partial charge in [-0.25, -0.2) is 0 Å². The van der Waals surface area contributed by atoms with Gasteiger partial charge in [-0.1, -0.05) is 25.1 Å². The molecule has 1 N–H and O–H groups in total. The minimum absolute atomic E-state index is 0.168. The number of aliphatic hydroxyl groups is 1. The molecule has 1 heterocycles. The van der Waals surface area contributed by atoms with Gasteiger partial charge >= 0.3 is 0 Å². The molecule has 1 aliphatic rings. The number of likely N-dealkylation sites (tertiary alicyclic amines) is 1. The fourth-order valence-electron chi connectivity index (χ4n) is 2.69. The van der Waals surface area contributed by atoms with E-state index in [4.69, 9.17) is 0 Å². The molecule has 2 rings (SSSR count). The number of nitrogens with zero attached hydrogens (tertiary/aromatic N) is 2. The summed E-state index contributed by atoms with van der Waals surface area (Å²) in [4.78, 5) is 16.4. The van der Waals surface area contributed by atoms with E-state index < -0.39 is 6.10 Å². The van der Waals surface area contributed by atoms with Crippen molar-refractivity contribution in [1.29, 1.82) is 0 Å². The van der Waals surface area contributed by atoms with E-state index >= 15 is 0 Å². The van der Waals surface area contributed by atoms with Gasteiger partial charge < -0.3 is 14.9 Å². The zero-order valence-electron chi connectivity index (χ0n) is 12.9. The van der Waals surface area contributed by atoms with E-state index in [1.165, 1.54) is 6.42 Å². The highest BCUT2D eigenvalue weighted by Crippen LogP contribution is 2.16. The lowest BCUT2D eigenvalue weighted by Gasteiger charge is -2.32. The number of piperidine rings is 1. The van der Waals surface area contributed by atoms with E-state index in [1.54, 1.807) is 0 Å². The lowest BCUT2D eigenvalue weighted by atomic mass is 10.1. The van der Waals surface area contributed by atoms with Crippen LogP contribution in [0, 0.1) is 0 Å². The first kappa shape index (κ1) is 15.8. The normalized spacial score (nSPS) is 16.6. The van der Waals surface area contributed by atoms with Crippen LogP contribution in [0.2, 0.25) is 0 Å². The standard InChI is InChI=1S/C17H26N2O2/c1-2-16(20)13-19(15-9-5-3-6-10-15)14-17(21)18-11-7-4-8-12-18/h3,5-6,9-10,16,20H,2,4,7-8,11-14H2,1H3. The molecule has 4 nitrogen and oxygen atoms in total. The van der Waals surface area contributed by atoms with Crippen molar-refractivity contribution in [2.45, 2.75) is 38.7 Å². The van der Waals surface area contributed by atoms with Gasteiger partial charge in [0.2, 0.25) is 5.91 Å². The predicted molar refractivity (Wildman–Crippen MR) is 85.4 cm³/mol. The van der Waals surface area contributed by atoms with Crippen LogP contribution in [0.3, 0.4) is 0 Å². The molecule has 0 aliphatic carbocycles.